The average molecular weight is 219 g/mol. The van der Waals surface area contributed by atoms with Crippen molar-refractivity contribution in [2.45, 2.75) is 13.8 Å². The van der Waals surface area contributed by atoms with Crippen LogP contribution in [-0.2, 0) is 9.05 Å². The van der Waals surface area contributed by atoms with Crippen molar-refractivity contribution in [3.63, 3.8) is 0 Å². The summed E-state index contributed by atoms with van der Waals surface area (Å²) < 4.78 is 14.3. The molecule has 13 heavy (non-hydrogen) atoms. The van der Waals surface area contributed by atoms with Gasteiger partial charge in [0.2, 0.25) is 0 Å². The second-order valence-electron chi connectivity index (χ2n) is 2.02. The number of hydrogen-bond donors (Lipinski definition) is 0. The SMILES string of the molecule is CC=CCOP=NPOCC=CC. The molecule has 0 saturated carbocycles. The molecule has 0 radical (unpaired) electrons. The molecule has 0 aromatic heterocycles. The van der Waals surface area contributed by atoms with Crippen molar-refractivity contribution < 1.29 is 9.05 Å². The molecule has 0 aromatic carbocycles. The van der Waals surface area contributed by atoms with Crippen LogP contribution in [0.1, 0.15) is 13.8 Å². The van der Waals surface area contributed by atoms with Gasteiger partial charge in [-0.3, -0.25) is 0 Å². The van der Waals surface area contributed by atoms with Gasteiger partial charge in [0.15, 0.2) is 8.60 Å². The maximum Gasteiger partial charge on any atom is 0.178 e. The number of hydrogen-bond acceptors (Lipinski definition) is 3. The minimum Gasteiger partial charge on any atom is -0.335 e. The van der Waals surface area contributed by atoms with Gasteiger partial charge >= 0.3 is 0 Å². The third-order valence-electron chi connectivity index (χ3n) is 1.03. The molecule has 0 N–H and O–H groups in total. The van der Waals surface area contributed by atoms with E-state index in [9.17, 15) is 0 Å². The Morgan fingerprint density at radius 3 is 2.62 bits per heavy atom. The molecule has 0 heterocycles. The van der Waals surface area contributed by atoms with Gasteiger partial charge in [0.05, 0.1) is 13.2 Å². The van der Waals surface area contributed by atoms with Crippen LogP contribution >= 0.6 is 17.6 Å². The summed E-state index contributed by atoms with van der Waals surface area (Å²) in [6, 6.07) is 0. The second kappa shape index (κ2) is 11.9. The van der Waals surface area contributed by atoms with Gasteiger partial charge in [0, 0.05) is 0 Å². The standard InChI is InChI=1S/C8H15NO2P2/c1-3-5-7-10-12-9-13-11-8-6-4-2/h3-6,12H,7-8H2,1-2H3. The van der Waals surface area contributed by atoms with Crippen molar-refractivity contribution in [3.05, 3.63) is 24.3 Å². The first-order valence-electron chi connectivity index (χ1n) is 4.03. The van der Waals surface area contributed by atoms with E-state index in [2.05, 4.69) is 4.52 Å². The predicted octanol–water partition coefficient (Wildman–Crippen LogP) is 3.73. The number of nitrogens with zero attached hydrogens (tertiary/aromatic N) is 1. The van der Waals surface area contributed by atoms with Crippen molar-refractivity contribution in [1.29, 1.82) is 0 Å². The number of rotatable bonds is 7. The van der Waals surface area contributed by atoms with Crippen molar-refractivity contribution in [2.24, 2.45) is 4.52 Å². The van der Waals surface area contributed by atoms with E-state index in [-0.39, 0.29) is 8.96 Å². The lowest BCUT2D eigenvalue weighted by molar-refractivity contribution is 0.412. The third-order valence-corrected chi connectivity index (χ3v) is 2.24. The molecule has 0 aliphatic heterocycles. The highest BCUT2D eigenvalue weighted by molar-refractivity contribution is 7.39. The Balaban J connectivity index is 3.12. The molecule has 1 unspecified atom stereocenters. The summed E-state index contributed by atoms with van der Waals surface area (Å²) in [6.07, 6.45) is 7.78. The highest BCUT2D eigenvalue weighted by Crippen LogP contribution is 2.20. The summed E-state index contributed by atoms with van der Waals surface area (Å²) in [6.45, 7) is 5.16. The monoisotopic (exact) mass is 219 g/mol. The van der Waals surface area contributed by atoms with E-state index in [4.69, 9.17) is 9.05 Å². The van der Waals surface area contributed by atoms with E-state index in [1.54, 1.807) is 0 Å². The molecule has 5 heteroatoms. The normalized spacial score (nSPS) is 13.4. The van der Waals surface area contributed by atoms with Crippen molar-refractivity contribution >= 4 is 17.6 Å². The van der Waals surface area contributed by atoms with Crippen LogP contribution in [0.15, 0.2) is 28.8 Å². The fourth-order valence-electron chi connectivity index (χ4n) is 0.429. The minimum absolute atomic E-state index is 0.166. The van der Waals surface area contributed by atoms with Gasteiger partial charge in [-0.2, -0.15) is 4.52 Å². The van der Waals surface area contributed by atoms with E-state index < -0.39 is 0 Å². The molecular weight excluding hydrogens is 204 g/mol. The van der Waals surface area contributed by atoms with Crippen LogP contribution in [0.3, 0.4) is 0 Å². The molecule has 0 saturated heterocycles. The molecule has 0 spiro atoms. The van der Waals surface area contributed by atoms with Gasteiger partial charge in [0.1, 0.15) is 8.96 Å². The second-order valence-corrected chi connectivity index (χ2v) is 3.71. The van der Waals surface area contributed by atoms with Crippen LogP contribution < -0.4 is 0 Å². The smallest absolute Gasteiger partial charge is 0.178 e. The van der Waals surface area contributed by atoms with Gasteiger partial charge in [-0.15, -0.1) is 0 Å². The summed E-state index contributed by atoms with van der Waals surface area (Å²) >= 11 is 0. The van der Waals surface area contributed by atoms with E-state index in [1.165, 1.54) is 0 Å². The van der Waals surface area contributed by atoms with E-state index in [0.717, 1.165) is 0 Å². The molecule has 0 bridgehead atoms. The molecule has 3 nitrogen and oxygen atoms in total. The van der Waals surface area contributed by atoms with Crippen molar-refractivity contribution in [2.75, 3.05) is 13.2 Å². The molecule has 0 aliphatic rings. The first kappa shape index (κ1) is 12.9. The Bertz CT molecular complexity index is 181. The predicted molar refractivity (Wildman–Crippen MR) is 59.2 cm³/mol. The topological polar surface area (TPSA) is 30.8 Å². The third kappa shape index (κ3) is 11.9. The van der Waals surface area contributed by atoms with E-state index in [1.807, 2.05) is 38.2 Å². The Kier molecular flexibility index (Phi) is 11.9. The molecule has 0 aromatic rings. The van der Waals surface area contributed by atoms with Crippen LogP contribution in [0, 0.1) is 0 Å². The number of allylic oxidation sites excluding steroid dienone is 2. The van der Waals surface area contributed by atoms with Crippen LogP contribution in [0.2, 0.25) is 0 Å². The Hall–Kier alpha value is -0.0700. The van der Waals surface area contributed by atoms with Crippen LogP contribution in [0.25, 0.3) is 0 Å². The van der Waals surface area contributed by atoms with E-state index >= 15 is 0 Å². The largest absolute Gasteiger partial charge is 0.335 e. The minimum atomic E-state index is 0.166. The van der Waals surface area contributed by atoms with Gasteiger partial charge < -0.3 is 9.05 Å². The maximum atomic E-state index is 5.15. The zero-order chi connectivity index (χ0) is 9.78. The molecule has 0 fully saturated rings. The van der Waals surface area contributed by atoms with Gasteiger partial charge in [-0.1, -0.05) is 24.3 Å². The van der Waals surface area contributed by atoms with Gasteiger partial charge in [0.25, 0.3) is 0 Å². The van der Waals surface area contributed by atoms with Crippen molar-refractivity contribution in [3.8, 4) is 0 Å². The first-order valence-corrected chi connectivity index (χ1v) is 5.65. The summed E-state index contributed by atoms with van der Waals surface area (Å²) in [4.78, 5) is 0. The van der Waals surface area contributed by atoms with E-state index in [0.29, 0.717) is 21.8 Å². The van der Waals surface area contributed by atoms with Gasteiger partial charge in [-0.25, -0.2) is 0 Å². The van der Waals surface area contributed by atoms with Crippen molar-refractivity contribution in [1.82, 2.24) is 0 Å². The Morgan fingerprint density at radius 2 is 1.92 bits per heavy atom. The lowest BCUT2D eigenvalue weighted by Crippen LogP contribution is -1.74. The summed E-state index contributed by atoms with van der Waals surface area (Å²) in [5.41, 5.74) is 0. The first-order chi connectivity index (χ1) is 6.41. The Labute approximate surface area is 83.1 Å². The zero-order valence-corrected chi connectivity index (χ0v) is 9.83. The lowest BCUT2D eigenvalue weighted by atomic mass is 10.6. The molecule has 1 atom stereocenters. The summed E-state index contributed by atoms with van der Waals surface area (Å²) in [5.74, 6) is 0. The Morgan fingerprint density at radius 1 is 1.23 bits per heavy atom. The lowest BCUT2D eigenvalue weighted by Gasteiger charge is -1.92. The molecule has 0 amide bonds. The maximum absolute atomic E-state index is 5.15. The highest BCUT2D eigenvalue weighted by Gasteiger charge is 1.79. The molecule has 74 valence electrons. The summed E-state index contributed by atoms with van der Waals surface area (Å²) in [7, 11) is 0.806. The highest BCUT2D eigenvalue weighted by atomic mass is 31.1. The van der Waals surface area contributed by atoms with Gasteiger partial charge in [-0.05, 0) is 13.8 Å². The molecular formula is C8H15NO2P2. The fraction of sp³-hybridized carbons (Fsp3) is 0.500. The zero-order valence-electron chi connectivity index (χ0n) is 7.93. The summed E-state index contributed by atoms with van der Waals surface area (Å²) in [5, 5.41) is 0. The average Bonchev–Trinajstić information content (AvgIpc) is 2.16. The quantitative estimate of drug-likeness (QED) is 0.371. The van der Waals surface area contributed by atoms with Crippen LogP contribution in [0.5, 0.6) is 0 Å². The molecule has 0 aliphatic carbocycles. The van der Waals surface area contributed by atoms with Crippen LogP contribution in [0.4, 0.5) is 0 Å². The fourth-order valence-corrected chi connectivity index (χ4v) is 1.35. The van der Waals surface area contributed by atoms with Crippen LogP contribution in [-0.4, -0.2) is 13.2 Å². The molecule has 0 rings (SSSR count).